The monoisotopic (exact) mass is 435 g/mol. The minimum absolute atomic E-state index is 0.0428. The summed E-state index contributed by atoms with van der Waals surface area (Å²) in [5.74, 6) is 0.113. The van der Waals surface area contributed by atoms with Gasteiger partial charge in [-0.3, -0.25) is 19.3 Å². The van der Waals surface area contributed by atoms with Crippen LogP contribution in [0.3, 0.4) is 0 Å². The van der Waals surface area contributed by atoms with Gasteiger partial charge < -0.3 is 5.32 Å². The van der Waals surface area contributed by atoms with Crippen molar-refractivity contribution >= 4 is 11.9 Å². The van der Waals surface area contributed by atoms with E-state index < -0.39 is 5.54 Å². The lowest BCUT2D eigenvalue weighted by molar-refractivity contribution is -0.134. The topological polar surface area (TPSA) is 70.5 Å². The zero-order chi connectivity index (χ0) is 22.5. The Labute approximate surface area is 189 Å². The van der Waals surface area contributed by atoms with Gasteiger partial charge in [-0.05, 0) is 76.6 Å². The van der Waals surface area contributed by atoms with Crippen LogP contribution in [0.5, 0.6) is 0 Å². The number of piperidine rings is 1. The Kier molecular flexibility index (Phi) is 5.32. The number of benzene rings is 1. The second-order valence-corrected chi connectivity index (χ2v) is 9.78. The highest BCUT2D eigenvalue weighted by atomic mass is 16.2. The summed E-state index contributed by atoms with van der Waals surface area (Å²) in [6.07, 6.45) is 5.47. The van der Waals surface area contributed by atoms with Gasteiger partial charge in [0, 0.05) is 30.9 Å². The van der Waals surface area contributed by atoms with E-state index in [-0.39, 0.29) is 23.9 Å². The van der Waals surface area contributed by atoms with Crippen LogP contribution >= 0.6 is 0 Å². The molecule has 170 valence electrons. The first-order valence-electron chi connectivity index (χ1n) is 11.9. The van der Waals surface area contributed by atoms with Crippen molar-refractivity contribution in [2.45, 2.75) is 71.1 Å². The van der Waals surface area contributed by atoms with Gasteiger partial charge >= 0.3 is 6.03 Å². The molecule has 2 saturated heterocycles. The fourth-order valence-electron chi connectivity index (χ4n) is 5.79. The summed E-state index contributed by atoms with van der Waals surface area (Å²) in [4.78, 5) is 30.4. The Morgan fingerprint density at radius 2 is 1.78 bits per heavy atom. The number of aryl methyl sites for hydroxylation is 2. The van der Waals surface area contributed by atoms with E-state index in [0.717, 1.165) is 57.6 Å². The maximum atomic E-state index is 13.5. The van der Waals surface area contributed by atoms with Crippen LogP contribution in [0, 0.1) is 12.8 Å². The minimum Gasteiger partial charge on any atom is -0.323 e. The highest BCUT2D eigenvalue weighted by Crippen LogP contribution is 2.37. The molecule has 3 amide bonds. The maximum Gasteiger partial charge on any atom is 0.325 e. The van der Waals surface area contributed by atoms with Crippen LogP contribution in [0.1, 0.15) is 49.1 Å². The average Bonchev–Trinajstić information content (AvgIpc) is 3.43. The van der Waals surface area contributed by atoms with Crippen molar-refractivity contribution in [3.05, 3.63) is 52.8 Å². The Morgan fingerprint density at radius 1 is 1.12 bits per heavy atom. The number of fused-ring (bicyclic) bond motifs is 1. The lowest BCUT2D eigenvalue weighted by atomic mass is 9.78. The van der Waals surface area contributed by atoms with Gasteiger partial charge in [-0.15, -0.1) is 0 Å². The third kappa shape index (κ3) is 3.52. The summed E-state index contributed by atoms with van der Waals surface area (Å²) in [5.41, 5.74) is 4.06. The van der Waals surface area contributed by atoms with E-state index in [9.17, 15) is 9.59 Å². The summed E-state index contributed by atoms with van der Waals surface area (Å²) >= 11 is 0. The van der Waals surface area contributed by atoms with Gasteiger partial charge in [0.15, 0.2) is 0 Å². The molecule has 1 aromatic carbocycles. The fourth-order valence-corrected chi connectivity index (χ4v) is 5.79. The van der Waals surface area contributed by atoms with Crippen molar-refractivity contribution in [3.8, 4) is 0 Å². The first-order chi connectivity index (χ1) is 15.4. The molecule has 1 aromatic heterocycles. The van der Waals surface area contributed by atoms with E-state index in [0.29, 0.717) is 0 Å². The van der Waals surface area contributed by atoms with E-state index in [1.807, 2.05) is 23.7 Å². The number of likely N-dealkylation sites (tertiary alicyclic amines) is 1. The maximum absolute atomic E-state index is 13.5. The van der Waals surface area contributed by atoms with Crippen molar-refractivity contribution in [2.75, 3.05) is 13.1 Å². The molecule has 1 N–H and O–H groups in total. The third-order valence-corrected chi connectivity index (χ3v) is 7.81. The largest absolute Gasteiger partial charge is 0.325 e. The number of rotatable bonds is 5. The van der Waals surface area contributed by atoms with Crippen LogP contribution in [0.25, 0.3) is 0 Å². The zero-order valence-electron chi connectivity index (χ0n) is 19.3. The molecular formula is C25H33N5O2. The van der Waals surface area contributed by atoms with Gasteiger partial charge in [0.2, 0.25) is 0 Å². The SMILES string of the molecule is CCn1cc(CN2CCC([C@]3(C)NC(=O)N(C4Cc5ccccc5C4)C3=O)CC2)c(C)n1. The molecule has 7 nitrogen and oxygen atoms in total. The molecule has 7 heteroatoms. The van der Waals surface area contributed by atoms with Gasteiger partial charge in [0.1, 0.15) is 5.54 Å². The molecule has 0 bridgehead atoms. The van der Waals surface area contributed by atoms with Crippen molar-refractivity contribution in [1.82, 2.24) is 24.9 Å². The van der Waals surface area contributed by atoms with Gasteiger partial charge in [-0.25, -0.2) is 4.79 Å². The van der Waals surface area contributed by atoms with E-state index in [1.54, 1.807) is 0 Å². The third-order valence-electron chi connectivity index (χ3n) is 7.81. The predicted molar refractivity (Wildman–Crippen MR) is 122 cm³/mol. The molecule has 0 spiro atoms. The smallest absolute Gasteiger partial charge is 0.323 e. The first-order valence-corrected chi connectivity index (χ1v) is 11.9. The van der Waals surface area contributed by atoms with Crippen molar-refractivity contribution < 1.29 is 9.59 Å². The number of aromatic nitrogens is 2. The van der Waals surface area contributed by atoms with Crippen LogP contribution in [0.15, 0.2) is 30.5 Å². The normalized spacial score (nSPS) is 24.9. The molecule has 1 aliphatic carbocycles. The van der Waals surface area contributed by atoms with Crippen molar-refractivity contribution in [1.29, 1.82) is 0 Å². The number of carbonyl (C=O) groups excluding carboxylic acids is 2. The summed E-state index contributed by atoms with van der Waals surface area (Å²) in [5, 5.41) is 7.65. The number of hydrogen-bond donors (Lipinski definition) is 1. The molecule has 2 aliphatic heterocycles. The highest BCUT2D eigenvalue weighted by Gasteiger charge is 2.55. The number of hydrogen-bond acceptors (Lipinski definition) is 4. The molecule has 0 saturated carbocycles. The standard InChI is InChI=1S/C25H33N5O2/c1-4-29-16-20(17(2)27-29)15-28-11-9-21(10-12-28)25(3)23(31)30(24(32)26-25)22-13-18-7-5-6-8-19(18)14-22/h5-8,16,21-22H,4,9-15H2,1-3H3,(H,26,32)/t25-/m0/s1. The molecule has 5 rings (SSSR count). The molecule has 3 heterocycles. The number of carbonyl (C=O) groups is 2. The number of imide groups is 1. The number of nitrogens with zero attached hydrogens (tertiary/aromatic N) is 4. The second-order valence-electron chi connectivity index (χ2n) is 9.78. The lowest BCUT2D eigenvalue weighted by Crippen LogP contribution is -2.54. The average molecular weight is 436 g/mol. The van der Waals surface area contributed by atoms with Crippen LogP contribution in [-0.2, 0) is 30.7 Å². The Balaban J connectivity index is 1.23. The molecule has 32 heavy (non-hydrogen) atoms. The van der Waals surface area contributed by atoms with Crippen LogP contribution in [-0.4, -0.2) is 56.2 Å². The molecule has 2 aromatic rings. The van der Waals surface area contributed by atoms with Crippen LogP contribution < -0.4 is 5.32 Å². The second kappa shape index (κ2) is 8.03. The van der Waals surface area contributed by atoms with E-state index in [4.69, 9.17) is 0 Å². The molecule has 2 fully saturated rings. The fraction of sp³-hybridized carbons (Fsp3) is 0.560. The minimum atomic E-state index is -0.805. The van der Waals surface area contributed by atoms with Gasteiger partial charge in [0.25, 0.3) is 5.91 Å². The predicted octanol–water partition coefficient (Wildman–Crippen LogP) is 2.90. The summed E-state index contributed by atoms with van der Waals surface area (Å²) in [6.45, 7) is 9.73. The molecule has 3 aliphatic rings. The summed E-state index contributed by atoms with van der Waals surface area (Å²) in [6, 6.07) is 7.98. The van der Waals surface area contributed by atoms with Crippen LogP contribution in [0.2, 0.25) is 0 Å². The quantitative estimate of drug-likeness (QED) is 0.733. The molecule has 0 radical (unpaired) electrons. The van der Waals surface area contributed by atoms with Gasteiger partial charge in [-0.1, -0.05) is 24.3 Å². The zero-order valence-corrected chi connectivity index (χ0v) is 19.3. The summed E-state index contributed by atoms with van der Waals surface area (Å²) < 4.78 is 1.99. The van der Waals surface area contributed by atoms with Crippen molar-refractivity contribution in [2.24, 2.45) is 5.92 Å². The van der Waals surface area contributed by atoms with Crippen LogP contribution in [0.4, 0.5) is 4.79 Å². The van der Waals surface area contributed by atoms with E-state index in [1.165, 1.54) is 21.6 Å². The van der Waals surface area contributed by atoms with Gasteiger partial charge in [0.05, 0.1) is 5.69 Å². The summed E-state index contributed by atoms with van der Waals surface area (Å²) in [7, 11) is 0. The lowest BCUT2D eigenvalue weighted by Gasteiger charge is -2.39. The van der Waals surface area contributed by atoms with E-state index >= 15 is 0 Å². The molecule has 0 unspecified atom stereocenters. The van der Waals surface area contributed by atoms with E-state index in [2.05, 4.69) is 47.5 Å². The Hall–Kier alpha value is -2.67. The number of nitrogens with one attached hydrogen (secondary N) is 1. The van der Waals surface area contributed by atoms with Crippen molar-refractivity contribution in [3.63, 3.8) is 0 Å². The van der Waals surface area contributed by atoms with Gasteiger partial charge in [-0.2, -0.15) is 5.10 Å². The number of urea groups is 1. The Morgan fingerprint density at radius 3 is 2.38 bits per heavy atom. The number of amides is 3. The molecular weight excluding hydrogens is 402 g/mol. The highest BCUT2D eigenvalue weighted by molar-refractivity contribution is 6.07. The molecule has 1 atom stereocenters. The Bertz CT molecular complexity index is 1010. The first kappa shape index (κ1) is 21.2.